The summed E-state index contributed by atoms with van der Waals surface area (Å²) in [4.78, 5) is 107. The van der Waals surface area contributed by atoms with Gasteiger partial charge in [-0.1, -0.05) is 81.7 Å². The maximum atomic E-state index is 14.6. The van der Waals surface area contributed by atoms with Crippen LogP contribution in [0.15, 0.2) is 91.0 Å². The van der Waals surface area contributed by atoms with Gasteiger partial charge in [0.15, 0.2) is 75.2 Å². The van der Waals surface area contributed by atoms with E-state index < -0.39 is 51.8 Å². The molecular weight excluding hydrogens is 1900 g/mol. The predicted molar refractivity (Wildman–Crippen MR) is 534 cm³/mol. The highest BCUT2D eigenvalue weighted by molar-refractivity contribution is 7.59. The third kappa shape index (κ3) is 23.0. The number of phenolic OH excluding ortho intramolecular Hbond substituents is 4. The third-order valence-electron chi connectivity index (χ3n) is 19.4. The topological polar surface area (TPSA) is 554 Å². The van der Waals surface area contributed by atoms with Crippen LogP contribution in [-0.4, -0.2) is 170 Å². The number of hydrogen-bond acceptors (Lipinski definition) is 37. The van der Waals surface area contributed by atoms with Crippen molar-refractivity contribution in [2.45, 2.75) is 127 Å². The van der Waals surface area contributed by atoms with Crippen LogP contribution in [0.25, 0.3) is 107 Å². The number of halogens is 6. The number of aliphatic hydroxyl groups excluding tert-OH is 4. The summed E-state index contributed by atoms with van der Waals surface area (Å²) in [6.07, 6.45) is 0.624. The summed E-state index contributed by atoms with van der Waals surface area (Å²) in [6, 6.07) is 21.1. The van der Waals surface area contributed by atoms with Crippen LogP contribution < -0.4 is 49.9 Å². The summed E-state index contributed by atoms with van der Waals surface area (Å²) in [5.74, 6) is -4.98. The molecule has 32 nitrogen and oxygen atoms in total. The van der Waals surface area contributed by atoms with Gasteiger partial charge >= 0.3 is 0 Å². The van der Waals surface area contributed by atoms with Gasteiger partial charge in [0.1, 0.15) is 30.0 Å². The van der Waals surface area contributed by atoms with Crippen LogP contribution in [0.4, 0.5) is 69.8 Å². The van der Waals surface area contributed by atoms with Crippen molar-refractivity contribution in [3.05, 3.63) is 155 Å². The fraction of sp³-hybridized carbons (Fsp3) is 0.261. The van der Waals surface area contributed by atoms with Gasteiger partial charge in [-0.05, 0) is 94.8 Å². The van der Waals surface area contributed by atoms with Crippen molar-refractivity contribution in [1.29, 1.82) is 0 Å². The normalized spacial score (nSPS) is 11.8. The molecular formula is C88H95Cl2F4N19O13S7. The molecule has 0 bridgehead atoms. The van der Waals surface area contributed by atoms with Gasteiger partial charge in [0.25, 0.3) is 0 Å². The van der Waals surface area contributed by atoms with Crippen LogP contribution in [0.5, 0.6) is 23.0 Å². The predicted octanol–water partition coefficient (Wildman–Crippen LogP) is 18.3. The number of hydrogen-bond donors (Lipinski definition) is 17. The Morgan fingerprint density at radius 1 is 0.406 bits per heavy atom. The highest BCUT2D eigenvalue weighted by atomic mass is 35.5. The Bertz CT molecular complexity index is 6780. The number of aliphatic hydroxyl groups is 4. The van der Waals surface area contributed by atoms with E-state index in [9.17, 15) is 82.4 Å². The minimum atomic E-state index is -0.847. The third-order valence-corrected chi connectivity index (χ3v) is 26.1. The number of benzene rings is 5. The maximum absolute atomic E-state index is 14.6. The van der Waals surface area contributed by atoms with E-state index in [-0.39, 0.29) is 205 Å². The Hall–Kier alpha value is -12.1. The molecule has 0 aliphatic heterocycles. The fourth-order valence-electron chi connectivity index (χ4n) is 12.7. The minimum absolute atomic E-state index is 0. The smallest absolute Gasteiger partial charge is 0.225 e. The molecule has 0 aliphatic carbocycles. The van der Waals surface area contributed by atoms with Gasteiger partial charge in [-0.2, -0.15) is 27.0 Å². The fourth-order valence-corrected chi connectivity index (χ4v) is 18.0. The van der Waals surface area contributed by atoms with E-state index in [1.165, 1.54) is 119 Å². The average Bonchev–Trinajstić information content (AvgIpc) is 1.67. The van der Waals surface area contributed by atoms with E-state index in [0.29, 0.717) is 109 Å². The van der Waals surface area contributed by atoms with Crippen molar-refractivity contribution in [2.24, 2.45) is 0 Å². The van der Waals surface area contributed by atoms with E-state index >= 15 is 0 Å². The lowest BCUT2D eigenvalue weighted by Gasteiger charge is -2.23. The molecule has 3 atom stereocenters. The number of carbonyl (C=O) groups excluding carboxylic acids is 5. The van der Waals surface area contributed by atoms with Crippen LogP contribution >= 0.6 is 107 Å². The summed E-state index contributed by atoms with van der Waals surface area (Å²) < 4.78 is 58.1. The molecule has 5 aromatic carbocycles. The zero-order valence-electron chi connectivity index (χ0n) is 72.3. The lowest BCUT2D eigenvalue weighted by Crippen LogP contribution is -2.35. The molecule has 0 amide bonds. The zero-order chi connectivity index (χ0) is 95.3. The molecule has 22 N–H and O–H groups in total. The summed E-state index contributed by atoms with van der Waals surface area (Å²) in [6.45, 7) is 19.3. The number of fused-ring (bicyclic) bond motifs is 5. The van der Waals surface area contributed by atoms with Crippen molar-refractivity contribution in [3.63, 3.8) is 0 Å². The highest BCUT2D eigenvalue weighted by Crippen LogP contribution is 2.48. The molecule has 0 spiro atoms. The second-order valence-electron chi connectivity index (χ2n) is 30.3. The number of nitrogen functional groups attached to an aromatic ring is 5. The summed E-state index contributed by atoms with van der Waals surface area (Å²) in [5.41, 5.74) is 33.4. The van der Waals surface area contributed by atoms with Crippen molar-refractivity contribution >= 4 is 239 Å². The lowest BCUT2D eigenvalue weighted by molar-refractivity contribution is 0.101. The van der Waals surface area contributed by atoms with E-state index in [0.717, 1.165) is 50.9 Å². The Balaban J connectivity index is 0.000000204. The molecule has 704 valence electrons. The first-order valence-corrected chi connectivity index (χ1v) is 44.2. The Morgan fingerprint density at radius 2 is 0.692 bits per heavy atom. The first kappa shape index (κ1) is 106. The lowest BCUT2D eigenvalue weighted by atomic mass is 10.1. The number of thiophene rings is 5. The van der Waals surface area contributed by atoms with Gasteiger partial charge in [-0.25, -0.2) is 67.4 Å². The van der Waals surface area contributed by atoms with Gasteiger partial charge in [-0.3, -0.25) is 24.0 Å². The number of phenols is 4. The molecule has 0 unspecified atom stereocenters. The van der Waals surface area contributed by atoms with Crippen molar-refractivity contribution < 1.29 is 82.4 Å². The zero-order valence-corrected chi connectivity index (χ0v) is 79.9. The molecule has 0 radical (unpaired) electrons. The summed E-state index contributed by atoms with van der Waals surface area (Å²) in [5, 5.41) is 91.0. The highest BCUT2D eigenvalue weighted by Gasteiger charge is 2.31. The van der Waals surface area contributed by atoms with Crippen molar-refractivity contribution in [3.8, 4) is 79.3 Å². The Labute approximate surface area is 802 Å². The molecule has 10 aromatic heterocycles. The average molecular weight is 2000 g/mol. The molecule has 0 aliphatic rings. The molecule has 133 heavy (non-hydrogen) atoms. The molecule has 0 fully saturated rings. The summed E-state index contributed by atoms with van der Waals surface area (Å²) in [7, 11) is 0. The number of rotatable bonds is 24. The van der Waals surface area contributed by atoms with Gasteiger partial charge in [0.05, 0.1) is 156 Å². The van der Waals surface area contributed by atoms with Crippen molar-refractivity contribution in [2.75, 3.05) is 76.4 Å². The first-order chi connectivity index (χ1) is 61.5. The molecule has 10 heterocycles. The maximum Gasteiger partial charge on any atom is 0.225 e. The number of anilines is 9. The van der Waals surface area contributed by atoms with Gasteiger partial charge < -0.3 is 90.8 Å². The van der Waals surface area contributed by atoms with Crippen LogP contribution in [0.3, 0.4) is 0 Å². The quantitative estimate of drug-likeness (QED) is 0.0197. The number of aromatic hydroxyl groups is 4. The van der Waals surface area contributed by atoms with Gasteiger partial charge in [0, 0.05) is 80.4 Å². The SMILES string of the molecule is C.CC(=O)c1sc2nc(C(C)C)nc(-c3ccc(Cl)c(Cl)c3)c2c1N.CC(=O)c1sc2nc(NC(C)(C)CO)nc(-c3cccc(O)c3F)c2c1N.CC(=O)c1sc2nc(N[C@@H](C)CO)nc(-c3cccc(O)c3F)c2c1N.CC(=O)c1sc2nc(N[C@H](C)CO)nc(-c3cccc(O)c3F)c2c1N.CC[C@@H](CO)Nc1nc(-c2cccc(O)c2F)c2c(N)c(C(C)=O)sc2n1.S.S. The van der Waals surface area contributed by atoms with E-state index in [4.69, 9.17) is 51.9 Å². The second-order valence-corrected chi connectivity index (χ2v) is 36.1. The number of ketones is 5. The van der Waals surface area contributed by atoms with Crippen LogP contribution in [-0.2, 0) is 0 Å². The number of nitrogens with zero attached hydrogens (tertiary/aromatic N) is 10. The summed E-state index contributed by atoms with van der Waals surface area (Å²) >= 11 is 17.8. The first-order valence-electron chi connectivity index (χ1n) is 39.4. The number of carbonyl (C=O) groups is 5. The van der Waals surface area contributed by atoms with Gasteiger partial charge in [-0.15, -0.1) is 56.7 Å². The van der Waals surface area contributed by atoms with E-state index in [1.54, 1.807) is 39.8 Å². The number of Topliss-reactive ketones (excluding diaryl/α,β-unsaturated/α-hetero) is 5. The Kier molecular flexibility index (Phi) is 35.6. The molecule has 15 aromatic rings. The molecule has 15 rings (SSSR count). The number of aromatic nitrogens is 10. The van der Waals surface area contributed by atoms with E-state index in [1.807, 2.05) is 26.8 Å². The second kappa shape index (κ2) is 44.6. The standard InChI is InChI=1S/2C18H19FN4O3S.C17H15Cl2N3OS.2C17H17FN4O3S.CH4.2H2S/c1-8(25)15-13(20)11-14(9-5-4-6-10(26)12(9)19)21-17(22-16(11)27-15)23-18(2,3)7-24;1-3-9(7-24)21-18-22-15(10-5-4-6-11(26)13(10)19)12-14(20)16(8(2)25)27-17(12)23-18;1-7(2)16-21-14(9-4-5-10(18)11(19)6-9)12-13(20)15(8(3)23)24-17(12)22-16;2*1-7(6-23)20-17-21-14(9-4-3-5-10(25)12(9)18)11-13(19)15(8(2)24)26-16(11)22-17;;;/h4-6,24,26H,7,20H2,1-3H3,(H,21,22,23);4-6,9,24,26H,3,7,20H2,1-2H3,(H,21,22,23);4-7H,20H2,1-3H3;2*3-5,7,23,25H,6,19H2,1-2H3,(H,20,21,22);1H4;2*1H2/t;9-;;2*7-;;;/m.0.10.../s1. The van der Waals surface area contributed by atoms with Crippen LogP contribution in [0, 0.1) is 23.3 Å². The van der Waals surface area contributed by atoms with Crippen LogP contribution in [0.1, 0.15) is 157 Å². The number of nitrogens with two attached hydrogens (primary N) is 5. The molecule has 0 saturated heterocycles. The largest absolute Gasteiger partial charge is 0.505 e. The van der Waals surface area contributed by atoms with E-state index in [2.05, 4.69) is 71.1 Å². The van der Waals surface area contributed by atoms with Crippen LogP contribution in [0.2, 0.25) is 10.0 Å². The monoisotopic (exact) mass is 2000 g/mol. The van der Waals surface area contributed by atoms with Gasteiger partial charge in [0.2, 0.25) is 23.8 Å². The van der Waals surface area contributed by atoms with Crippen molar-refractivity contribution in [1.82, 2.24) is 49.8 Å². The minimum Gasteiger partial charge on any atom is -0.505 e. The Morgan fingerprint density at radius 3 is 0.962 bits per heavy atom. The molecule has 0 saturated carbocycles. The molecule has 45 heteroatoms. The number of nitrogens with one attached hydrogen (secondary N) is 4.